The Balaban J connectivity index is 1.82. The van der Waals surface area contributed by atoms with E-state index in [0.717, 1.165) is 24.1 Å². The molecule has 0 radical (unpaired) electrons. The van der Waals surface area contributed by atoms with Crippen molar-refractivity contribution in [2.75, 3.05) is 11.1 Å². The van der Waals surface area contributed by atoms with Crippen LogP contribution >= 0.6 is 0 Å². The van der Waals surface area contributed by atoms with Crippen molar-refractivity contribution in [3.05, 3.63) is 58.7 Å². The molecule has 20 heavy (non-hydrogen) atoms. The molecule has 0 fully saturated rings. The van der Waals surface area contributed by atoms with Crippen molar-refractivity contribution in [2.45, 2.75) is 26.2 Å². The fourth-order valence-corrected chi connectivity index (χ4v) is 2.79. The number of rotatable bonds is 2. The van der Waals surface area contributed by atoms with Gasteiger partial charge in [-0.3, -0.25) is 4.79 Å². The number of nitrogens with one attached hydrogen (secondary N) is 1. The van der Waals surface area contributed by atoms with Gasteiger partial charge in [0.2, 0.25) is 0 Å². The highest BCUT2D eigenvalue weighted by atomic mass is 16.1. The smallest absolute Gasteiger partial charge is 0.255 e. The molecule has 3 rings (SSSR count). The standard InChI is InChI=1S/C17H18N2O/c1-11-9-14(18)6-8-16(11)17(20)19-15-7-5-12-3-2-4-13(12)10-15/h5-10H,2-4,18H2,1H3,(H,19,20). The molecule has 0 bridgehead atoms. The first-order valence-corrected chi connectivity index (χ1v) is 6.93. The van der Waals surface area contributed by atoms with E-state index in [1.165, 1.54) is 17.5 Å². The van der Waals surface area contributed by atoms with E-state index in [1.54, 1.807) is 12.1 Å². The van der Waals surface area contributed by atoms with Gasteiger partial charge in [0.1, 0.15) is 0 Å². The lowest BCUT2D eigenvalue weighted by Crippen LogP contribution is -2.13. The van der Waals surface area contributed by atoms with Gasteiger partial charge in [-0.05, 0) is 73.2 Å². The number of benzene rings is 2. The van der Waals surface area contributed by atoms with Crippen LogP contribution in [0, 0.1) is 6.92 Å². The number of carbonyl (C=O) groups excluding carboxylic acids is 1. The molecule has 0 unspecified atom stereocenters. The van der Waals surface area contributed by atoms with Crippen LogP contribution in [-0.2, 0) is 12.8 Å². The Morgan fingerprint density at radius 2 is 1.90 bits per heavy atom. The lowest BCUT2D eigenvalue weighted by Gasteiger charge is -2.09. The maximum absolute atomic E-state index is 12.3. The van der Waals surface area contributed by atoms with Crippen LogP contribution in [0.1, 0.15) is 33.5 Å². The minimum Gasteiger partial charge on any atom is -0.399 e. The van der Waals surface area contributed by atoms with Crippen LogP contribution in [0.4, 0.5) is 11.4 Å². The van der Waals surface area contributed by atoms with Crippen molar-refractivity contribution in [1.82, 2.24) is 0 Å². The summed E-state index contributed by atoms with van der Waals surface area (Å²) in [6.45, 7) is 1.90. The lowest BCUT2D eigenvalue weighted by molar-refractivity contribution is 0.102. The van der Waals surface area contributed by atoms with Crippen molar-refractivity contribution in [2.24, 2.45) is 0 Å². The highest BCUT2D eigenvalue weighted by molar-refractivity contribution is 6.05. The highest BCUT2D eigenvalue weighted by Gasteiger charge is 2.13. The molecule has 1 aliphatic carbocycles. The van der Waals surface area contributed by atoms with E-state index in [4.69, 9.17) is 5.73 Å². The minimum atomic E-state index is -0.0829. The van der Waals surface area contributed by atoms with E-state index in [-0.39, 0.29) is 5.91 Å². The molecule has 2 aromatic carbocycles. The van der Waals surface area contributed by atoms with Gasteiger partial charge >= 0.3 is 0 Å². The third-order valence-corrected chi connectivity index (χ3v) is 3.85. The molecular formula is C17H18N2O. The molecule has 0 saturated carbocycles. The second-order valence-electron chi connectivity index (χ2n) is 5.37. The average Bonchev–Trinajstić information content (AvgIpc) is 2.85. The second kappa shape index (κ2) is 5.00. The van der Waals surface area contributed by atoms with Crippen molar-refractivity contribution >= 4 is 17.3 Å². The van der Waals surface area contributed by atoms with Gasteiger partial charge in [-0.25, -0.2) is 0 Å². The Morgan fingerprint density at radius 1 is 1.10 bits per heavy atom. The number of anilines is 2. The number of nitrogens with two attached hydrogens (primary N) is 1. The van der Waals surface area contributed by atoms with Crippen molar-refractivity contribution < 1.29 is 4.79 Å². The Bertz CT molecular complexity index is 677. The summed E-state index contributed by atoms with van der Waals surface area (Å²) in [5.74, 6) is -0.0829. The zero-order valence-electron chi connectivity index (χ0n) is 11.6. The predicted octanol–water partition coefficient (Wildman–Crippen LogP) is 3.32. The van der Waals surface area contributed by atoms with Crippen LogP contribution in [0.25, 0.3) is 0 Å². The van der Waals surface area contributed by atoms with Crippen LogP contribution in [0.2, 0.25) is 0 Å². The Morgan fingerprint density at radius 3 is 2.70 bits per heavy atom. The zero-order valence-corrected chi connectivity index (χ0v) is 11.6. The van der Waals surface area contributed by atoms with Crippen LogP contribution in [-0.4, -0.2) is 5.91 Å². The van der Waals surface area contributed by atoms with Gasteiger partial charge < -0.3 is 11.1 Å². The topological polar surface area (TPSA) is 55.1 Å². The van der Waals surface area contributed by atoms with Crippen LogP contribution < -0.4 is 11.1 Å². The number of hydrogen-bond acceptors (Lipinski definition) is 2. The monoisotopic (exact) mass is 266 g/mol. The number of hydrogen-bond donors (Lipinski definition) is 2. The van der Waals surface area contributed by atoms with Crippen LogP contribution in [0.15, 0.2) is 36.4 Å². The molecule has 1 amide bonds. The number of nitrogen functional groups attached to an aromatic ring is 1. The molecular weight excluding hydrogens is 248 g/mol. The molecule has 3 nitrogen and oxygen atoms in total. The van der Waals surface area contributed by atoms with E-state index >= 15 is 0 Å². The zero-order chi connectivity index (χ0) is 14.1. The second-order valence-corrected chi connectivity index (χ2v) is 5.37. The average molecular weight is 266 g/mol. The van der Waals surface area contributed by atoms with E-state index in [0.29, 0.717) is 11.3 Å². The quantitative estimate of drug-likeness (QED) is 0.819. The first-order chi connectivity index (χ1) is 9.63. The first-order valence-electron chi connectivity index (χ1n) is 6.93. The summed E-state index contributed by atoms with van der Waals surface area (Å²) in [6.07, 6.45) is 3.48. The summed E-state index contributed by atoms with van der Waals surface area (Å²) in [7, 11) is 0. The minimum absolute atomic E-state index is 0.0829. The molecule has 3 heteroatoms. The predicted molar refractivity (Wildman–Crippen MR) is 82.0 cm³/mol. The lowest BCUT2D eigenvalue weighted by atomic mass is 10.1. The summed E-state index contributed by atoms with van der Waals surface area (Å²) in [5.41, 5.74) is 11.6. The largest absolute Gasteiger partial charge is 0.399 e. The summed E-state index contributed by atoms with van der Waals surface area (Å²) in [4.78, 5) is 12.3. The third-order valence-electron chi connectivity index (χ3n) is 3.85. The van der Waals surface area contributed by atoms with E-state index in [9.17, 15) is 4.79 Å². The maximum Gasteiger partial charge on any atom is 0.255 e. The van der Waals surface area contributed by atoms with E-state index in [1.807, 2.05) is 19.1 Å². The van der Waals surface area contributed by atoms with E-state index in [2.05, 4.69) is 17.4 Å². The van der Waals surface area contributed by atoms with Gasteiger partial charge in [0.25, 0.3) is 5.91 Å². The molecule has 0 saturated heterocycles. The Hall–Kier alpha value is -2.29. The molecule has 0 heterocycles. The van der Waals surface area contributed by atoms with Gasteiger partial charge in [0.15, 0.2) is 0 Å². The molecule has 3 N–H and O–H groups in total. The number of aryl methyl sites for hydroxylation is 3. The Kier molecular flexibility index (Phi) is 3.18. The van der Waals surface area contributed by atoms with Gasteiger partial charge in [0, 0.05) is 16.9 Å². The van der Waals surface area contributed by atoms with Crippen molar-refractivity contribution in [3.63, 3.8) is 0 Å². The van der Waals surface area contributed by atoms with Crippen LogP contribution in [0.5, 0.6) is 0 Å². The molecule has 0 spiro atoms. The van der Waals surface area contributed by atoms with Gasteiger partial charge in [-0.2, -0.15) is 0 Å². The first kappa shape index (κ1) is 12.7. The highest BCUT2D eigenvalue weighted by Crippen LogP contribution is 2.25. The number of amides is 1. The summed E-state index contributed by atoms with van der Waals surface area (Å²) < 4.78 is 0. The molecule has 1 aliphatic rings. The summed E-state index contributed by atoms with van der Waals surface area (Å²) in [6, 6.07) is 11.5. The van der Waals surface area contributed by atoms with Gasteiger partial charge in [-0.1, -0.05) is 6.07 Å². The third kappa shape index (κ3) is 2.39. The maximum atomic E-state index is 12.3. The van der Waals surface area contributed by atoms with E-state index < -0.39 is 0 Å². The van der Waals surface area contributed by atoms with Crippen LogP contribution in [0.3, 0.4) is 0 Å². The fourth-order valence-electron chi connectivity index (χ4n) is 2.79. The van der Waals surface area contributed by atoms with Crippen molar-refractivity contribution in [3.8, 4) is 0 Å². The summed E-state index contributed by atoms with van der Waals surface area (Å²) in [5, 5.41) is 2.97. The molecule has 0 atom stereocenters. The fraction of sp³-hybridized carbons (Fsp3) is 0.235. The van der Waals surface area contributed by atoms with Gasteiger partial charge in [-0.15, -0.1) is 0 Å². The Labute approximate surface area is 118 Å². The van der Waals surface area contributed by atoms with Crippen molar-refractivity contribution in [1.29, 1.82) is 0 Å². The molecule has 102 valence electrons. The van der Waals surface area contributed by atoms with Gasteiger partial charge in [0.05, 0.1) is 0 Å². The molecule has 0 aromatic heterocycles. The molecule has 0 aliphatic heterocycles. The SMILES string of the molecule is Cc1cc(N)ccc1C(=O)Nc1ccc2c(c1)CCC2. The number of carbonyl (C=O) groups is 1. The summed E-state index contributed by atoms with van der Waals surface area (Å²) >= 11 is 0. The number of fused-ring (bicyclic) bond motifs is 1. The molecule has 2 aromatic rings. The normalized spacial score (nSPS) is 13.1.